The normalized spacial score (nSPS) is 17.0. The Morgan fingerprint density at radius 2 is 2.05 bits per heavy atom. The molecule has 2 N–H and O–H groups in total. The minimum absolute atomic E-state index is 0.00922. The number of nitrogens with one attached hydrogen (secondary N) is 1. The number of fused-ring (bicyclic) bond motifs is 1. The fourth-order valence-corrected chi connectivity index (χ4v) is 3.61. The average molecular weight is 300 g/mol. The van der Waals surface area contributed by atoms with E-state index in [4.69, 9.17) is 0 Å². The summed E-state index contributed by atoms with van der Waals surface area (Å²) in [5.74, 6) is 0.00922. The summed E-state index contributed by atoms with van der Waals surface area (Å²) >= 11 is 0. The zero-order chi connectivity index (χ0) is 15.6. The molecule has 1 saturated carbocycles. The molecule has 22 heavy (non-hydrogen) atoms. The number of aryl methyl sites for hydroxylation is 1. The van der Waals surface area contributed by atoms with Crippen molar-refractivity contribution in [2.75, 3.05) is 6.61 Å². The number of aliphatic hydroxyl groups excluding tert-OH is 1. The molecule has 1 aromatic heterocycles. The van der Waals surface area contributed by atoms with Crippen LogP contribution in [0, 0.1) is 0 Å². The lowest BCUT2D eigenvalue weighted by atomic mass is 9.98. The van der Waals surface area contributed by atoms with Crippen LogP contribution in [-0.2, 0) is 17.8 Å². The van der Waals surface area contributed by atoms with Gasteiger partial charge in [-0.3, -0.25) is 4.79 Å². The third-order valence-electron chi connectivity index (χ3n) is 4.83. The zero-order valence-electron chi connectivity index (χ0n) is 13.1. The summed E-state index contributed by atoms with van der Waals surface area (Å²) in [6.07, 6.45) is 6.36. The van der Waals surface area contributed by atoms with Crippen LogP contribution in [0.2, 0.25) is 0 Å². The third kappa shape index (κ3) is 2.75. The molecule has 118 valence electrons. The van der Waals surface area contributed by atoms with Gasteiger partial charge in [-0.2, -0.15) is 0 Å². The van der Waals surface area contributed by atoms with Crippen molar-refractivity contribution >= 4 is 16.8 Å². The van der Waals surface area contributed by atoms with Crippen LogP contribution >= 0.6 is 0 Å². The minimum Gasteiger partial charge on any atom is -0.394 e. The second-order valence-electron chi connectivity index (χ2n) is 6.33. The molecule has 1 aliphatic rings. The highest BCUT2D eigenvalue weighted by Crippen LogP contribution is 2.29. The minimum atomic E-state index is -0.389. The number of rotatable bonds is 5. The average Bonchev–Trinajstić information content (AvgIpc) is 3.13. The van der Waals surface area contributed by atoms with Crippen LogP contribution in [-0.4, -0.2) is 27.7 Å². The Balaban J connectivity index is 1.79. The molecule has 0 aliphatic heterocycles. The largest absolute Gasteiger partial charge is 0.394 e. The van der Waals surface area contributed by atoms with Crippen LogP contribution in [0.15, 0.2) is 30.5 Å². The van der Waals surface area contributed by atoms with Gasteiger partial charge in [-0.25, -0.2) is 0 Å². The molecule has 1 aromatic carbocycles. The van der Waals surface area contributed by atoms with E-state index in [0.29, 0.717) is 6.42 Å². The molecule has 3 rings (SSSR count). The summed E-state index contributed by atoms with van der Waals surface area (Å²) in [7, 11) is 0. The summed E-state index contributed by atoms with van der Waals surface area (Å²) in [4.78, 5) is 12.4. The lowest BCUT2D eigenvalue weighted by Crippen LogP contribution is -2.49. The van der Waals surface area contributed by atoms with Crippen molar-refractivity contribution in [3.05, 3.63) is 36.0 Å². The van der Waals surface area contributed by atoms with E-state index in [2.05, 4.69) is 35.1 Å². The van der Waals surface area contributed by atoms with Crippen molar-refractivity contribution in [1.29, 1.82) is 0 Å². The van der Waals surface area contributed by atoms with Crippen molar-refractivity contribution in [2.24, 2.45) is 0 Å². The molecule has 0 radical (unpaired) electrons. The Kier molecular flexibility index (Phi) is 4.21. The Bertz CT molecular complexity index is 669. The maximum Gasteiger partial charge on any atom is 0.225 e. The number of carbonyl (C=O) groups is 1. The zero-order valence-corrected chi connectivity index (χ0v) is 13.1. The third-order valence-corrected chi connectivity index (χ3v) is 4.83. The smallest absolute Gasteiger partial charge is 0.225 e. The number of hydrogen-bond acceptors (Lipinski definition) is 2. The summed E-state index contributed by atoms with van der Waals surface area (Å²) < 4.78 is 2.18. The van der Waals surface area contributed by atoms with Gasteiger partial charge in [0, 0.05) is 23.6 Å². The van der Waals surface area contributed by atoms with Crippen LogP contribution in [0.5, 0.6) is 0 Å². The molecule has 0 unspecified atom stereocenters. The van der Waals surface area contributed by atoms with Crippen LogP contribution in [0.25, 0.3) is 10.9 Å². The predicted octanol–water partition coefficient (Wildman–Crippen LogP) is 2.62. The Morgan fingerprint density at radius 1 is 1.32 bits per heavy atom. The number of aliphatic hydroxyl groups is 1. The van der Waals surface area contributed by atoms with Gasteiger partial charge in [0.05, 0.1) is 18.6 Å². The van der Waals surface area contributed by atoms with Crippen LogP contribution in [0.1, 0.15) is 38.2 Å². The van der Waals surface area contributed by atoms with E-state index in [9.17, 15) is 9.90 Å². The number of aromatic nitrogens is 1. The monoisotopic (exact) mass is 300 g/mol. The molecular weight excluding hydrogens is 276 g/mol. The molecule has 0 bridgehead atoms. The maximum absolute atomic E-state index is 12.4. The number of amides is 1. The molecule has 2 aromatic rings. The Labute approximate surface area is 131 Å². The fourth-order valence-electron chi connectivity index (χ4n) is 3.61. The van der Waals surface area contributed by atoms with Gasteiger partial charge in [0.15, 0.2) is 0 Å². The highest BCUT2D eigenvalue weighted by Gasteiger charge is 2.34. The predicted molar refractivity (Wildman–Crippen MR) is 87.7 cm³/mol. The van der Waals surface area contributed by atoms with Gasteiger partial charge in [-0.05, 0) is 31.4 Å². The van der Waals surface area contributed by atoms with Crippen molar-refractivity contribution in [1.82, 2.24) is 9.88 Å². The van der Waals surface area contributed by atoms with E-state index in [1.807, 2.05) is 12.1 Å². The fraction of sp³-hybridized carbons (Fsp3) is 0.500. The highest BCUT2D eigenvalue weighted by atomic mass is 16.3. The first-order valence-electron chi connectivity index (χ1n) is 8.16. The molecule has 4 heteroatoms. The first-order chi connectivity index (χ1) is 10.7. The molecule has 1 heterocycles. The quantitative estimate of drug-likeness (QED) is 0.892. The van der Waals surface area contributed by atoms with Gasteiger partial charge >= 0.3 is 0 Å². The molecule has 1 aliphatic carbocycles. The molecular formula is C18H24N2O2. The van der Waals surface area contributed by atoms with Crippen molar-refractivity contribution < 1.29 is 9.90 Å². The van der Waals surface area contributed by atoms with E-state index < -0.39 is 0 Å². The number of hydrogen-bond donors (Lipinski definition) is 2. The standard InChI is InChI=1S/C18H24N2O2/c1-2-20-12-14(15-7-3-4-8-16(15)20)11-17(22)19-18(13-21)9-5-6-10-18/h3-4,7-8,12,21H,2,5-6,9-11,13H2,1H3,(H,19,22). The second-order valence-corrected chi connectivity index (χ2v) is 6.33. The van der Waals surface area contributed by atoms with Crippen molar-refractivity contribution in [3.8, 4) is 0 Å². The van der Waals surface area contributed by atoms with Crippen molar-refractivity contribution in [3.63, 3.8) is 0 Å². The molecule has 0 spiro atoms. The summed E-state index contributed by atoms with van der Waals surface area (Å²) in [5.41, 5.74) is 1.84. The van der Waals surface area contributed by atoms with E-state index in [1.165, 1.54) is 5.52 Å². The van der Waals surface area contributed by atoms with Gasteiger partial charge in [-0.15, -0.1) is 0 Å². The molecule has 1 fully saturated rings. The highest BCUT2D eigenvalue weighted by molar-refractivity contribution is 5.89. The van der Waals surface area contributed by atoms with Gasteiger partial charge in [0.25, 0.3) is 0 Å². The lowest BCUT2D eigenvalue weighted by molar-refractivity contribution is -0.122. The Hall–Kier alpha value is -1.81. The van der Waals surface area contributed by atoms with E-state index >= 15 is 0 Å². The molecule has 0 saturated heterocycles. The summed E-state index contributed by atoms with van der Waals surface area (Å²) in [6, 6.07) is 8.20. The molecule has 0 atom stereocenters. The lowest BCUT2D eigenvalue weighted by Gasteiger charge is -2.27. The van der Waals surface area contributed by atoms with Gasteiger partial charge in [0.2, 0.25) is 5.91 Å². The Morgan fingerprint density at radius 3 is 2.73 bits per heavy atom. The number of carbonyl (C=O) groups excluding carboxylic acids is 1. The summed E-state index contributed by atoms with van der Waals surface area (Å²) in [5, 5.41) is 13.9. The SMILES string of the molecule is CCn1cc(CC(=O)NC2(CO)CCCC2)c2ccccc21. The van der Waals surface area contributed by atoms with Crippen LogP contribution < -0.4 is 5.32 Å². The summed E-state index contributed by atoms with van der Waals surface area (Å²) in [6.45, 7) is 3.04. The van der Waals surface area contributed by atoms with E-state index in [1.54, 1.807) is 0 Å². The second kappa shape index (κ2) is 6.13. The van der Waals surface area contributed by atoms with E-state index in [-0.39, 0.29) is 18.1 Å². The van der Waals surface area contributed by atoms with Crippen LogP contribution in [0.3, 0.4) is 0 Å². The number of para-hydroxylation sites is 1. The van der Waals surface area contributed by atoms with Gasteiger partial charge in [-0.1, -0.05) is 31.0 Å². The molecule has 4 nitrogen and oxygen atoms in total. The first-order valence-corrected chi connectivity index (χ1v) is 8.16. The number of nitrogens with zero attached hydrogens (tertiary/aromatic N) is 1. The maximum atomic E-state index is 12.4. The molecule has 1 amide bonds. The van der Waals surface area contributed by atoms with Gasteiger partial charge < -0.3 is 15.0 Å². The topological polar surface area (TPSA) is 54.3 Å². The first kappa shape index (κ1) is 15.1. The number of benzene rings is 1. The van der Waals surface area contributed by atoms with Crippen LogP contribution in [0.4, 0.5) is 0 Å². The van der Waals surface area contributed by atoms with Gasteiger partial charge in [0.1, 0.15) is 0 Å². The van der Waals surface area contributed by atoms with E-state index in [0.717, 1.165) is 43.2 Å². The van der Waals surface area contributed by atoms with Crippen molar-refractivity contribution in [2.45, 2.75) is 51.1 Å².